The Morgan fingerprint density at radius 3 is 2.50 bits per heavy atom. The summed E-state index contributed by atoms with van der Waals surface area (Å²) in [4.78, 5) is 0. The van der Waals surface area contributed by atoms with E-state index >= 15 is 0 Å². The zero-order valence-corrected chi connectivity index (χ0v) is 15.3. The summed E-state index contributed by atoms with van der Waals surface area (Å²) >= 11 is 6.47. The molecule has 1 heterocycles. The Hall–Kier alpha value is -1.52. The van der Waals surface area contributed by atoms with Gasteiger partial charge in [0.25, 0.3) is 0 Å². The van der Waals surface area contributed by atoms with E-state index in [-0.39, 0.29) is 18.4 Å². The van der Waals surface area contributed by atoms with Crippen molar-refractivity contribution in [1.29, 1.82) is 0 Å². The lowest BCUT2D eigenvalue weighted by Gasteiger charge is -2.26. The van der Waals surface area contributed by atoms with Gasteiger partial charge in [-0.3, -0.25) is 0 Å². The Kier molecular flexibility index (Phi) is 6.30. The van der Waals surface area contributed by atoms with Crippen LogP contribution in [0.5, 0.6) is 0 Å². The zero-order chi connectivity index (χ0) is 16.4. The fraction of sp³-hybridized carbons (Fsp3) is 0.263. The molecular weight excluding hydrogens is 343 g/mol. The molecule has 0 unspecified atom stereocenters. The number of benzene rings is 2. The molecule has 2 atom stereocenters. The summed E-state index contributed by atoms with van der Waals surface area (Å²) in [5.74, 6) is 0. The van der Waals surface area contributed by atoms with E-state index in [1.165, 1.54) is 0 Å². The number of aliphatic hydroxyl groups is 1. The predicted octanol–water partition coefficient (Wildman–Crippen LogP) is 4.19. The fourth-order valence-electron chi connectivity index (χ4n) is 3.20. The molecule has 1 aromatic heterocycles. The van der Waals surface area contributed by atoms with E-state index in [2.05, 4.69) is 29.1 Å². The molecule has 0 aliphatic rings. The largest absolute Gasteiger partial charge is 0.389 e. The van der Waals surface area contributed by atoms with Gasteiger partial charge in [0.1, 0.15) is 0 Å². The SMILES string of the molecule is CNC[C@@H](O)[C@H](c1ccccc1)n1cc(C)c2cccc(Cl)c21.Cl. The lowest BCUT2D eigenvalue weighted by atomic mass is 10.0. The van der Waals surface area contributed by atoms with Crippen molar-refractivity contribution in [3.8, 4) is 0 Å². The molecule has 0 aliphatic carbocycles. The van der Waals surface area contributed by atoms with Crippen molar-refractivity contribution in [2.45, 2.75) is 19.1 Å². The number of fused-ring (bicyclic) bond motifs is 1. The summed E-state index contributed by atoms with van der Waals surface area (Å²) in [7, 11) is 1.84. The number of aliphatic hydroxyl groups excluding tert-OH is 1. The minimum absolute atomic E-state index is 0. The summed E-state index contributed by atoms with van der Waals surface area (Å²) in [6.07, 6.45) is 1.52. The van der Waals surface area contributed by atoms with Gasteiger partial charge in [0.05, 0.1) is 22.7 Å². The van der Waals surface area contributed by atoms with Crippen LogP contribution >= 0.6 is 24.0 Å². The van der Waals surface area contributed by atoms with Gasteiger partial charge in [0.15, 0.2) is 0 Å². The van der Waals surface area contributed by atoms with Crippen molar-refractivity contribution in [3.05, 3.63) is 70.9 Å². The molecule has 0 amide bonds. The number of nitrogens with one attached hydrogen (secondary N) is 1. The summed E-state index contributed by atoms with van der Waals surface area (Å²) < 4.78 is 2.10. The van der Waals surface area contributed by atoms with E-state index in [0.717, 1.165) is 22.0 Å². The lowest BCUT2D eigenvalue weighted by molar-refractivity contribution is 0.132. The molecule has 0 fully saturated rings. The smallest absolute Gasteiger partial charge is 0.0912 e. The van der Waals surface area contributed by atoms with E-state index in [1.54, 1.807) is 0 Å². The van der Waals surface area contributed by atoms with E-state index < -0.39 is 6.10 Å². The van der Waals surface area contributed by atoms with E-state index in [1.807, 2.05) is 49.5 Å². The van der Waals surface area contributed by atoms with Gasteiger partial charge in [0, 0.05) is 18.1 Å². The van der Waals surface area contributed by atoms with Gasteiger partial charge in [-0.15, -0.1) is 12.4 Å². The van der Waals surface area contributed by atoms with Crippen molar-refractivity contribution in [2.75, 3.05) is 13.6 Å². The monoisotopic (exact) mass is 364 g/mol. The standard InChI is InChI=1S/C19H21ClN2O.ClH/c1-13-12-22(19-15(13)9-6-10-16(19)20)18(17(23)11-21-2)14-7-4-3-5-8-14;/h3-10,12,17-18,21,23H,11H2,1-2H3;1H/t17-,18+;/m1./s1. The van der Waals surface area contributed by atoms with Crippen molar-refractivity contribution >= 4 is 34.9 Å². The van der Waals surface area contributed by atoms with Gasteiger partial charge in [0.2, 0.25) is 0 Å². The Bertz CT molecular complexity index is 802. The number of aromatic nitrogens is 1. The van der Waals surface area contributed by atoms with Crippen molar-refractivity contribution in [1.82, 2.24) is 9.88 Å². The highest BCUT2D eigenvalue weighted by Crippen LogP contribution is 2.33. The molecule has 0 radical (unpaired) electrons. The predicted molar refractivity (Wildman–Crippen MR) is 103 cm³/mol. The molecule has 2 aromatic carbocycles. The number of rotatable bonds is 5. The quantitative estimate of drug-likeness (QED) is 0.711. The van der Waals surface area contributed by atoms with Crippen LogP contribution in [-0.4, -0.2) is 29.4 Å². The lowest BCUT2D eigenvalue weighted by Crippen LogP contribution is -2.33. The van der Waals surface area contributed by atoms with Gasteiger partial charge >= 0.3 is 0 Å². The highest BCUT2D eigenvalue weighted by atomic mass is 35.5. The second-order valence-corrected chi connectivity index (χ2v) is 6.24. The molecule has 0 spiro atoms. The first-order chi connectivity index (χ1) is 11.1. The third kappa shape index (κ3) is 3.45. The molecule has 2 N–H and O–H groups in total. The summed E-state index contributed by atoms with van der Waals surface area (Å²) in [5.41, 5.74) is 3.18. The van der Waals surface area contributed by atoms with Crippen molar-refractivity contribution in [2.24, 2.45) is 0 Å². The van der Waals surface area contributed by atoms with Crippen LogP contribution in [0.3, 0.4) is 0 Å². The van der Waals surface area contributed by atoms with Crippen LogP contribution in [0.4, 0.5) is 0 Å². The number of hydrogen-bond acceptors (Lipinski definition) is 2. The maximum absolute atomic E-state index is 10.7. The average molecular weight is 365 g/mol. The molecule has 0 saturated carbocycles. The Morgan fingerprint density at radius 1 is 1.12 bits per heavy atom. The summed E-state index contributed by atoms with van der Waals surface area (Å²) in [6.45, 7) is 2.57. The summed E-state index contributed by atoms with van der Waals surface area (Å²) in [6, 6.07) is 15.8. The van der Waals surface area contributed by atoms with Crippen LogP contribution < -0.4 is 5.32 Å². The topological polar surface area (TPSA) is 37.2 Å². The van der Waals surface area contributed by atoms with Crippen LogP contribution in [0, 0.1) is 6.92 Å². The van der Waals surface area contributed by atoms with Crippen molar-refractivity contribution < 1.29 is 5.11 Å². The molecule has 3 aromatic rings. The first-order valence-electron chi connectivity index (χ1n) is 7.76. The molecular formula is C19H22Cl2N2O. The van der Waals surface area contributed by atoms with Gasteiger partial charge in [-0.05, 0) is 31.2 Å². The first kappa shape index (κ1) is 18.8. The number of halogens is 2. The number of likely N-dealkylation sites (N-methyl/N-ethyl adjacent to an activating group) is 1. The third-order valence-electron chi connectivity index (χ3n) is 4.22. The maximum atomic E-state index is 10.7. The van der Waals surface area contributed by atoms with Crippen molar-refractivity contribution in [3.63, 3.8) is 0 Å². The van der Waals surface area contributed by atoms with Gasteiger partial charge < -0.3 is 15.0 Å². The second kappa shape index (κ2) is 8.04. The van der Waals surface area contributed by atoms with Crippen LogP contribution in [-0.2, 0) is 0 Å². The molecule has 24 heavy (non-hydrogen) atoms. The highest BCUT2D eigenvalue weighted by Gasteiger charge is 2.25. The Balaban J connectivity index is 0.00000208. The first-order valence-corrected chi connectivity index (χ1v) is 8.14. The number of hydrogen-bond donors (Lipinski definition) is 2. The van der Waals surface area contributed by atoms with Crippen LogP contribution in [0.2, 0.25) is 5.02 Å². The number of nitrogens with zero attached hydrogens (tertiary/aromatic N) is 1. The zero-order valence-electron chi connectivity index (χ0n) is 13.7. The van der Waals surface area contributed by atoms with Gasteiger partial charge in [-0.25, -0.2) is 0 Å². The van der Waals surface area contributed by atoms with Crippen LogP contribution in [0.15, 0.2) is 54.7 Å². The highest BCUT2D eigenvalue weighted by molar-refractivity contribution is 6.35. The molecule has 128 valence electrons. The maximum Gasteiger partial charge on any atom is 0.0912 e. The van der Waals surface area contributed by atoms with Gasteiger partial charge in [-0.2, -0.15) is 0 Å². The minimum Gasteiger partial charge on any atom is -0.389 e. The Labute approximate surface area is 153 Å². The minimum atomic E-state index is -0.561. The van der Waals surface area contributed by atoms with E-state index in [4.69, 9.17) is 11.6 Å². The Morgan fingerprint density at radius 2 is 1.83 bits per heavy atom. The van der Waals surface area contributed by atoms with E-state index in [0.29, 0.717) is 11.6 Å². The number of aryl methyl sites for hydroxylation is 1. The van der Waals surface area contributed by atoms with Crippen LogP contribution in [0.1, 0.15) is 17.2 Å². The fourth-order valence-corrected chi connectivity index (χ4v) is 3.47. The normalized spacial score (nSPS) is 13.5. The molecule has 3 rings (SSSR count). The van der Waals surface area contributed by atoms with Crippen LogP contribution in [0.25, 0.3) is 10.9 Å². The second-order valence-electron chi connectivity index (χ2n) is 5.84. The number of para-hydroxylation sites is 1. The molecule has 0 saturated heterocycles. The third-order valence-corrected chi connectivity index (χ3v) is 4.53. The van der Waals surface area contributed by atoms with E-state index in [9.17, 15) is 5.11 Å². The summed E-state index contributed by atoms with van der Waals surface area (Å²) in [5, 5.41) is 15.6. The molecule has 3 nitrogen and oxygen atoms in total. The average Bonchev–Trinajstić information content (AvgIpc) is 2.87. The molecule has 0 bridgehead atoms. The molecule has 0 aliphatic heterocycles. The molecule has 5 heteroatoms. The van der Waals surface area contributed by atoms with Gasteiger partial charge in [-0.1, -0.05) is 54.1 Å².